The van der Waals surface area contributed by atoms with E-state index in [1.165, 1.54) is 0 Å². The van der Waals surface area contributed by atoms with Crippen LogP contribution in [0.25, 0.3) is 0 Å². The molecule has 0 aliphatic carbocycles. The van der Waals surface area contributed by atoms with Gasteiger partial charge in [0, 0.05) is 12.1 Å². The largest absolute Gasteiger partial charge is 0.506 e. The SMILES string of the molecule is CCC(C(=O)Nc1cc([N+](=O)[O-])ccc1O)n1cc([N+](=O)[O-])cn1. The summed E-state index contributed by atoms with van der Waals surface area (Å²) in [6.07, 6.45) is 2.39. The molecule has 0 saturated carbocycles. The Labute approximate surface area is 134 Å². The van der Waals surface area contributed by atoms with Crippen molar-refractivity contribution in [3.63, 3.8) is 0 Å². The number of amides is 1. The second-order valence-corrected chi connectivity index (χ2v) is 4.81. The van der Waals surface area contributed by atoms with Gasteiger partial charge in [0.15, 0.2) is 0 Å². The summed E-state index contributed by atoms with van der Waals surface area (Å²) in [5, 5.41) is 37.3. The molecular weight excluding hydrogens is 322 g/mol. The van der Waals surface area contributed by atoms with Crippen LogP contribution in [-0.2, 0) is 4.79 Å². The van der Waals surface area contributed by atoms with Crippen LogP contribution in [0.3, 0.4) is 0 Å². The fourth-order valence-electron chi connectivity index (χ4n) is 2.04. The van der Waals surface area contributed by atoms with E-state index < -0.39 is 21.8 Å². The minimum atomic E-state index is -0.877. The van der Waals surface area contributed by atoms with Gasteiger partial charge < -0.3 is 10.4 Å². The lowest BCUT2D eigenvalue weighted by atomic mass is 10.2. The first-order chi connectivity index (χ1) is 11.3. The summed E-state index contributed by atoms with van der Waals surface area (Å²) >= 11 is 0. The topological polar surface area (TPSA) is 153 Å². The van der Waals surface area contributed by atoms with Gasteiger partial charge in [-0.2, -0.15) is 5.10 Å². The van der Waals surface area contributed by atoms with Gasteiger partial charge in [-0.15, -0.1) is 0 Å². The van der Waals surface area contributed by atoms with Crippen molar-refractivity contribution >= 4 is 23.0 Å². The first-order valence-electron chi connectivity index (χ1n) is 6.80. The number of anilines is 1. The molecule has 1 heterocycles. The summed E-state index contributed by atoms with van der Waals surface area (Å²) in [6.45, 7) is 1.67. The van der Waals surface area contributed by atoms with Crippen LogP contribution in [0.5, 0.6) is 5.75 Å². The van der Waals surface area contributed by atoms with E-state index in [-0.39, 0.29) is 29.2 Å². The number of phenols is 1. The van der Waals surface area contributed by atoms with E-state index in [0.29, 0.717) is 0 Å². The Balaban J connectivity index is 2.24. The molecule has 126 valence electrons. The van der Waals surface area contributed by atoms with Crippen LogP contribution in [0.15, 0.2) is 30.6 Å². The van der Waals surface area contributed by atoms with Gasteiger partial charge in [0.25, 0.3) is 5.69 Å². The Morgan fingerprint density at radius 3 is 2.54 bits per heavy atom. The quantitative estimate of drug-likeness (QED) is 0.465. The highest BCUT2D eigenvalue weighted by Crippen LogP contribution is 2.29. The zero-order valence-electron chi connectivity index (χ0n) is 12.4. The van der Waals surface area contributed by atoms with Crippen LogP contribution in [-0.4, -0.2) is 30.6 Å². The molecule has 1 aromatic carbocycles. The smallest absolute Gasteiger partial charge is 0.307 e. The maximum absolute atomic E-state index is 12.3. The molecule has 0 bridgehead atoms. The van der Waals surface area contributed by atoms with Gasteiger partial charge in [-0.3, -0.25) is 29.7 Å². The van der Waals surface area contributed by atoms with E-state index in [1.54, 1.807) is 6.92 Å². The summed E-state index contributed by atoms with van der Waals surface area (Å²) in [7, 11) is 0. The van der Waals surface area contributed by atoms with Crippen molar-refractivity contribution in [2.24, 2.45) is 0 Å². The summed E-state index contributed by atoms with van der Waals surface area (Å²) in [5.41, 5.74) is -0.695. The third-order valence-electron chi connectivity index (χ3n) is 3.26. The maximum atomic E-state index is 12.3. The monoisotopic (exact) mass is 335 g/mol. The molecule has 1 unspecified atom stereocenters. The molecule has 0 radical (unpaired) electrons. The standard InChI is InChI=1S/C13H13N5O6/c1-2-11(16-7-9(6-14-16)18(23)24)13(20)15-10-5-8(17(21)22)3-4-12(10)19/h3-7,11,19H,2H2,1H3,(H,15,20). The number of nitro groups is 2. The summed E-state index contributed by atoms with van der Waals surface area (Å²) in [6, 6.07) is 2.33. The number of carbonyl (C=O) groups is 1. The molecule has 0 saturated heterocycles. The second kappa shape index (κ2) is 6.73. The van der Waals surface area contributed by atoms with E-state index in [9.17, 15) is 30.1 Å². The highest BCUT2D eigenvalue weighted by Gasteiger charge is 2.23. The fourth-order valence-corrected chi connectivity index (χ4v) is 2.04. The van der Waals surface area contributed by atoms with Crippen molar-refractivity contribution in [3.8, 4) is 5.75 Å². The molecule has 11 heteroatoms. The number of hydrogen-bond donors (Lipinski definition) is 2. The summed E-state index contributed by atoms with van der Waals surface area (Å²) in [4.78, 5) is 32.5. The summed E-state index contributed by atoms with van der Waals surface area (Å²) in [5.74, 6) is -0.957. The Morgan fingerprint density at radius 2 is 2.00 bits per heavy atom. The van der Waals surface area contributed by atoms with Gasteiger partial charge in [0.2, 0.25) is 5.91 Å². The predicted octanol–water partition coefficient (Wildman–Crippen LogP) is 1.99. The van der Waals surface area contributed by atoms with E-state index in [1.807, 2.05) is 0 Å². The number of nitrogens with zero attached hydrogens (tertiary/aromatic N) is 4. The highest BCUT2D eigenvalue weighted by atomic mass is 16.6. The molecule has 0 fully saturated rings. The van der Waals surface area contributed by atoms with Crippen molar-refractivity contribution in [2.75, 3.05) is 5.32 Å². The number of non-ortho nitro benzene ring substituents is 1. The van der Waals surface area contributed by atoms with E-state index in [4.69, 9.17) is 0 Å². The predicted molar refractivity (Wildman–Crippen MR) is 81.6 cm³/mol. The normalized spacial score (nSPS) is 11.7. The third-order valence-corrected chi connectivity index (χ3v) is 3.26. The molecule has 0 aliphatic heterocycles. The lowest BCUT2D eigenvalue weighted by Crippen LogP contribution is -2.26. The van der Waals surface area contributed by atoms with E-state index >= 15 is 0 Å². The van der Waals surface area contributed by atoms with Gasteiger partial charge in [-0.25, -0.2) is 0 Å². The summed E-state index contributed by atoms with van der Waals surface area (Å²) < 4.78 is 1.13. The Bertz CT molecular complexity index is 802. The van der Waals surface area contributed by atoms with Crippen molar-refractivity contribution in [1.29, 1.82) is 0 Å². The molecule has 1 atom stereocenters. The van der Waals surface area contributed by atoms with Crippen LogP contribution < -0.4 is 5.32 Å². The first kappa shape index (κ1) is 16.9. The maximum Gasteiger partial charge on any atom is 0.307 e. The molecule has 1 aromatic heterocycles. The van der Waals surface area contributed by atoms with Crippen molar-refractivity contribution in [3.05, 3.63) is 50.8 Å². The van der Waals surface area contributed by atoms with E-state index in [0.717, 1.165) is 35.3 Å². The second-order valence-electron chi connectivity index (χ2n) is 4.81. The Morgan fingerprint density at radius 1 is 1.33 bits per heavy atom. The number of nitrogens with one attached hydrogen (secondary N) is 1. The number of benzene rings is 1. The van der Waals surface area contributed by atoms with E-state index in [2.05, 4.69) is 10.4 Å². The number of hydrogen-bond acceptors (Lipinski definition) is 7. The van der Waals surface area contributed by atoms with Gasteiger partial charge in [-0.05, 0) is 12.5 Å². The van der Waals surface area contributed by atoms with Crippen LogP contribution >= 0.6 is 0 Å². The highest BCUT2D eigenvalue weighted by molar-refractivity contribution is 5.95. The number of phenolic OH excluding ortho intramolecular Hbond substituents is 1. The fraction of sp³-hybridized carbons (Fsp3) is 0.231. The van der Waals surface area contributed by atoms with Crippen molar-refractivity contribution in [1.82, 2.24) is 9.78 Å². The van der Waals surface area contributed by atoms with Gasteiger partial charge >= 0.3 is 5.69 Å². The molecule has 2 aromatic rings. The zero-order valence-corrected chi connectivity index (χ0v) is 12.4. The minimum Gasteiger partial charge on any atom is -0.506 e. The van der Waals surface area contributed by atoms with Crippen molar-refractivity contribution in [2.45, 2.75) is 19.4 Å². The van der Waals surface area contributed by atoms with Crippen LogP contribution in [0.1, 0.15) is 19.4 Å². The van der Waals surface area contributed by atoms with Crippen LogP contribution in [0, 0.1) is 20.2 Å². The molecular formula is C13H13N5O6. The molecule has 1 amide bonds. The first-order valence-corrected chi connectivity index (χ1v) is 6.80. The number of aromatic hydroxyl groups is 1. The molecule has 24 heavy (non-hydrogen) atoms. The molecule has 2 rings (SSSR count). The average Bonchev–Trinajstić information content (AvgIpc) is 3.00. The van der Waals surface area contributed by atoms with Crippen molar-refractivity contribution < 1.29 is 19.7 Å². The van der Waals surface area contributed by atoms with Gasteiger partial charge in [-0.1, -0.05) is 6.92 Å². The molecule has 0 spiro atoms. The molecule has 11 nitrogen and oxygen atoms in total. The number of carbonyl (C=O) groups excluding carboxylic acids is 1. The van der Waals surface area contributed by atoms with Gasteiger partial charge in [0.1, 0.15) is 24.2 Å². The van der Waals surface area contributed by atoms with Crippen LogP contribution in [0.4, 0.5) is 17.1 Å². The lowest BCUT2D eigenvalue weighted by molar-refractivity contribution is -0.385. The lowest BCUT2D eigenvalue weighted by Gasteiger charge is -2.15. The number of aromatic nitrogens is 2. The molecule has 0 aliphatic rings. The average molecular weight is 335 g/mol. The number of nitro benzene ring substituents is 1. The Kier molecular flexibility index (Phi) is 4.73. The molecule has 2 N–H and O–H groups in total. The van der Waals surface area contributed by atoms with Crippen LogP contribution in [0.2, 0.25) is 0 Å². The zero-order chi connectivity index (χ0) is 17.9. The minimum absolute atomic E-state index is 0.130. The third kappa shape index (κ3) is 3.45. The van der Waals surface area contributed by atoms with Gasteiger partial charge in [0.05, 0.1) is 15.5 Å². The Hall–Kier alpha value is -3.50. The number of rotatable bonds is 6.